The van der Waals surface area contributed by atoms with Crippen LogP contribution in [0.1, 0.15) is 12.8 Å². The van der Waals surface area contributed by atoms with Crippen molar-refractivity contribution in [3.8, 4) is 0 Å². The van der Waals surface area contributed by atoms with E-state index in [9.17, 15) is 4.79 Å². The molecule has 0 atom stereocenters. The van der Waals surface area contributed by atoms with Gasteiger partial charge in [-0.15, -0.1) is 0 Å². The van der Waals surface area contributed by atoms with Crippen molar-refractivity contribution in [3.63, 3.8) is 0 Å². The zero-order valence-corrected chi connectivity index (χ0v) is 9.20. The van der Waals surface area contributed by atoms with E-state index in [1.165, 1.54) is 12.8 Å². The molecule has 0 unspecified atom stereocenters. The summed E-state index contributed by atoms with van der Waals surface area (Å²) in [5, 5.41) is 0. The Morgan fingerprint density at radius 1 is 1.43 bits per heavy atom. The molecule has 1 saturated heterocycles. The van der Waals surface area contributed by atoms with Gasteiger partial charge in [-0.3, -0.25) is 9.69 Å². The smallest absolute Gasteiger partial charge is 0.231 e. The molecule has 0 aliphatic carbocycles. The fraction of sp³-hybridized carbons (Fsp3) is 0.900. The molecule has 1 aliphatic rings. The summed E-state index contributed by atoms with van der Waals surface area (Å²) in [6.07, 6.45) is 2.37. The second-order valence-corrected chi connectivity index (χ2v) is 4.45. The molecule has 1 rings (SSSR count). The van der Waals surface area contributed by atoms with Gasteiger partial charge in [0.2, 0.25) is 5.91 Å². The van der Waals surface area contributed by atoms with Gasteiger partial charge in [0.15, 0.2) is 0 Å². The van der Waals surface area contributed by atoms with Crippen molar-refractivity contribution in [2.75, 3.05) is 40.3 Å². The minimum Gasteiger partial charge on any atom is -0.369 e. The molecule has 0 aromatic heterocycles. The van der Waals surface area contributed by atoms with Crippen LogP contribution in [0.4, 0.5) is 0 Å². The number of hydrogen-bond acceptors (Lipinski definition) is 3. The van der Waals surface area contributed by atoms with Gasteiger partial charge < -0.3 is 10.6 Å². The lowest BCUT2D eigenvalue weighted by Crippen LogP contribution is -2.41. The minimum atomic E-state index is -0.212. The average molecular weight is 199 g/mol. The number of nitrogens with two attached hydrogens (primary N) is 1. The van der Waals surface area contributed by atoms with Gasteiger partial charge >= 0.3 is 0 Å². The van der Waals surface area contributed by atoms with Gasteiger partial charge in [0, 0.05) is 6.54 Å². The zero-order chi connectivity index (χ0) is 10.6. The summed E-state index contributed by atoms with van der Waals surface area (Å²) in [5.74, 6) is 0.574. The third-order valence-corrected chi connectivity index (χ3v) is 2.71. The number of carbonyl (C=O) groups is 1. The zero-order valence-electron chi connectivity index (χ0n) is 9.20. The van der Waals surface area contributed by atoms with Crippen LogP contribution in [0.2, 0.25) is 0 Å². The standard InChI is InChI=1S/C10H21N3O/c1-12(2)7-9-3-5-13(6-4-9)8-10(11)14/h9H,3-8H2,1-2H3,(H2,11,14). The normalized spacial score (nSPS) is 20.2. The quantitative estimate of drug-likeness (QED) is 0.679. The van der Waals surface area contributed by atoms with Crippen LogP contribution < -0.4 is 5.73 Å². The van der Waals surface area contributed by atoms with E-state index >= 15 is 0 Å². The summed E-state index contributed by atoms with van der Waals surface area (Å²) >= 11 is 0. The molecule has 4 nitrogen and oxygen atoms in total. The van der Waals surface area contributed by atoms with E-state index in [1.807, 2.05) is 0 Å². The van der Waals surface area contributed by atoms with Crippen LogP contribution >= 0.6 is 0 Å². The van der Waals surface area contributed by atoms with Crippen LogP contribution in [-0.2, 0) is 4.79 Å². The molecule has 0 radical (unpaired) electrons. The van der Waals surface area contributed by atoms with E-state index in [0.717, 1.165) is 25.6 Å². The van der Waals surface area contributed by atoms with Crippen LogP contribution in [0.25, 0.3) is 0 Å². The van der Waals surface area contributed by atoms with Crippen LogP contribution in [-0.4, -0.2) is 56.0 Å². The van der Waals surface area contributed by atoms with Gasteiger partial charge in [0.05, 0.1) is 6.54 Å². The predicted octanol–water partition coefficient (Wildman–Crippen LogP) is -0.255. The molecule has 0 aromatic rings. The minimum absolute atomic E-state index is 0.212. The molecule has 2 N–H and O–H groups in total. The first-order chi connectivity index (χ1) is 6.58. The summed E-state index contributed by atoms with van der Waals surface area (Å²) in [6.45, 7) is 3.61. The summed E-state index contributed by atoms with van der Waals surface area (Å²) in [7, 11) is 4.21. The van der Waals surface area contributed by atoms with Gasteiger partial charge in [-0.05, 0) is 45.9 Å². The van der Waals surface area contributed by atoms with Crippen LogP contribution in [0.15, 0.2) is 0 Å². The van der Waals surface area contributed by atoms with E-state index < -0.39 is 0 Å². The molecular weight excluding hydrogens is 178 g/mol. The Balaban J connectivity index is 2.21. The molecule has 0 bridgehead atoms. The number of primary amides is 1. The van der Waals surface area contributed by atoms with E-state index in [4.69, 9.17) is 5.73 Å². The largest absolute Gasteiger partial charge is 0.369 e. The summed E-state index contributed by atoms with van der Waals surface area (Å²) < 4.78 is 0. The van der Waals surface area contributed by atoms with Crippen molar-refractivity contribution >= 4 is 5.91 Å². The Kier molecular flexibility index (Phi) is 4.35. The lowest BCUT2D eigenvalue weighted by atomic mass is 9.96. The van der Waals surface area contributed by atoms with E-state index in [0.29, 0.717) is 6.54 Å². The molecule has 0 spiro atoms. The number of hydrogen-bond donors (Lipinski definition) is 1. The third-order valence-electron chi connectivity index (χ3n) is 2.71. The van der Waals surface area contributed by atoms with E-state index in [-0.39, 0.29) is 5.91 Å². The number of carbonyl (C=O) groups excluding carboxylic acids is 1. The molecular formula is C10H21N3O. The first kappa shape index (κ1) is 11.5. The highest BCUT2D eigenvalue weighted by Crippen LogP contribution is 2.16. The fourth-order valence-corrected chi connectivity index (χ4v) is 2.06. The average Bonchev–Trinajstić information content (AvgIpc) is 2.06. The Morgan fingerprint density at radius 3 is 2.43 bits per heavy atom. The number of likely N-dealkylation sites (tertiary alicyclic amines) is 1. The molecule has 1 amide bonds. The van der Waals surface area contributed by atoms with E-state index in [1.54, 1.807) is 0 Å². The van der Waals surface area contributed by atoms with E-state index in [2.05, 4.69) is 23.9 Å². The Bertz CT molecular complexity index is 186. The first-order valence-corrected chi connectivity index (χ1v) is 5.23. The second-order valence-electron chi connectivity index (χ2n) is 4.45. The number of nitrogens with zero attached hydrogens (tertiary/aromatic N) is 2. The highest BCUT2D eigenvalue weighted by atomic mass is 16.1. The van der Waals surface area contributed by atoms with Crippen molar-refractivity contribution in [1.29, 1.82) is 0 Å². The molecule has 1 aliphatic heterocycles. The summed E-state index contributed by atoms with van der Waals surface area (Å²) in [4.78, 5) is 15.1. The number of rotatable bonds is 4. The molecule has 0 aromatic carbocycles. The number of piperidine rings is 1. The van der Waals surface area contributed by atoms with Crippen molar-refractivity contribution in [2.45, 2.75) is 12.8 Å². The van der Waals surface area contributed by atoms with Gasteiger partial charge in [-0.2, -0.15) is 0 Å². The van der Waals surface area contributed by atoms with Crippen LogP contribution in [0.3, 0.4) is 0 Å². The number of amides is 1. The van der Waals surface area contributed by atoms with Crippen LogP contribution in [0.5, 0.6) is 0 Å². The predicted molar refractivity (Wildman–Crippen MR) is 56.9 cm³/mol. The molecule has 1 heterocycles. The van der Waals surface area contributed by atoms with Crippen molar-refractivity contribution in [1.82, 2.24) is 9.80 Å². The lowest BCUT2D eigenvalue weighted by Gasteiger charge is -2.32. The maximum absolute atomic E-state index is 10.7. The van der Waals surface area contributed by atoms with Gasteiger partial charge in [-0.1, -0.05) is 0 Å². The lowest BCUT2D eigenvalue weighted by molar-refractivity contribution is -0.119. The summed E-state index contributed by atoms with van der Waals surface area (Å²) in [5.41, 5.74) is 5.15. The first-order valence-electron chi connectivity index (χ1n) is 5.23. The Hall–Kier alpha value is -0.610. The van der Waals surface area contributed by atoms with Gasteiger partial charge in [0.25, 0.3) is 0 Å². The van der Waals surface area contributed by atoms with Crippen molar-refractivity contribution in [3.05, 3.63) is 0 Å². The molecule has 4 heteroatoms. The fourth-order valence-electron chi connectivity index (χ4n) is 2.06. The Labute approximate surface area is 86.0 Å². The maximum atomic E-state index is 10.7. The Morgan fingerprint density at radius 2 is 2.00 bits per heavy atom. The molecule has 0 saturated carbocycles. The molecule has 82 valence electrons. The molecule has 1 fully saturated rings. The van der Waals surface area contributed by atoms with Crippen molar-refractivity contribution in [2.24, 2.45) is 11.7 Å². The monoisotopic (exact) mass is 199 g/mol. The van der Waals surface area contributed by atoms with Crippen molar-refractivity contribution < 1.29 is 4.79 Å². The molecule has 14 heavy (non-hydrogen) atoms. The highest BCUT2D eigenvalue weighted by molar-refractivity contribution is 5.75. The SMILES string of the molecule is CN(C)CC1CCN(CC(N)=O)CC1. The van der Waals surface area contributed by atoms with Crippen LogP contribution in [0, 0.1) is 5.92 Å². The third kappa shape index (κ3) is 4.07. The van der Waals surface area contributed by atoms with Gasteiger partial charge in [0.1, 0.15) is 0 Å². The topological polar surface area (TPSA) is 49.6 Å². The maximum Gasteiger partial charge on any atom is 0.231 e. The summed E-state index contributed by atoms with van der Waals surface area (Å²) in [6, 6.07) is 0. The second kappa shape index (κ2) is 5.32. The highest BCUT2D eigenvalue weighted by Gasteiger charge is 2.20. The van der Waals surface area contributed by atoms with Gasteiger partial charge in [-0.25, -0.2) is 0 Å².